The molecule has 2 fully saturated rings. The van der Waals surface area contributed by atoms with Gasteiger partial charge in [-0.25, -0.2) is 0 Å². The minimum absolute atomic E-state index is 0.00243. The molecule has 6 nitrogen and oxygen atoms in total. The normalized spacial score (nSPS) is 25.8. The highest BCUT2D eigenvalue weighted by atomic mass is 16.5. The zero-order chi connectivity index (χ0) is 17.2. The van der Waals surface area contributed by atoms with E-state index in [4.69, 9.17) is 13.9 Å². The number of hydrogen-bond acceptors (Lipinski definition) is 5. The van der Waals surface area contributed by atoms with E-state index in [-0.39, 0.29) is 24.2 Å². The fourth-order valence-corrected chi connectivity index (χ4v) is 3.80. The van der Waals surface area contributed by atoms with E-state index in [1.165, 1.54) is 0 Å². The Morgan fingerprint density at radius 1 is 1.40 bits per heavy atom. The molecule has 1 saturated heterocycles. The van der Waals surface area contributed by atoms with Crippen LogP contribution in [0.3, 0.4) is 0 Å². The van der Waals surface area contributed by atoms with Crippen LogP contribution in [0.5, 0.6) is 0 Å². The van der Waals surface area contributed by atoms with E-state index in [9.17, 15) is 4.79 Å². The number of pyridine rings is 1. The van der Waals surface area contributed by atoms with Gasteiger partial charge in [0.15, 0.2) is 0 Å². The third kappa shape index (κ3) is 3.19. The summed E-state index contributed by atoms with van der Waals surface area (Å²) < 4.78 is 17.4. The SMILES string of the molecule is Cc1occc1C(=O)N1CCO[C@H]2CC[C@H]1[C@H]2OCc1cccnc1. The molecule has 3 heterocycles. The predicted octanol–water partition coefficient (Wildman–Crippen LogP) is 2.57. The van der Waals surface area contributed by atoms with Crippen molar-refractivity contribution in [2.75, 3.05) is 13.2 Å². The molecule has 1 aliphatic carbocycles. The van der Waals surface area contributed by atoms with Gasteiger partial charge >= 0.3 is 0 Å². The molecule has 1 aliphatic heterocycles. The number of furan rings is 1. The van der Waals surface area contributed by atoms with E-state index in [1.807, 2.05) is 24.0 Å². The van der Waals surface area contributed by atoms with E-state index < -0.39 is 0 Å². The number of rotatable bonds is 4. The summed E-state index contributed by atoms with van der Waals surface area (Å²) in [5.74, 6) is 0.648. The van der Waals surface area contributed by atoms with Crippen molar-refractivity contribution in [1.82, 2.24) is 9.88 Å². The number of hydrogen-bond donors (Lipinski definition) is 0. The number of amides is 1. The summed E-state index contributed by atoms with van der Waals surface area (Å²) in [6.45, 7) is 3.41. The summed E-state index contributed by atoms with van der Waals surface area (Å²) in [6, 6.07) is 5.66. The largest absolute Gasteiger partial charge is 0.469 e. The number of nitrogens with zero attached hydrogens (tertiary/aromatic N) is 2. The zero-order valence-corrected chi connectivity index (χ0v) is 14.3. The van der Waals surface area contributed by atoms with Gasteiger partial charge in [-0.15, -0.1) is 0 Å². The second-order valence-electron chi connectivity index (χ2n) is 6.58. The lowest BCUT2D eigenvalue weighted by Gasteiger charge is -2.31. The summed E-state index contributed by atoms with van der Waals surface area (Å²) >= 11 is 0. The molecule has 3 atom stereocenters. The summed E-state index contributed by atoms with van der Waals surface area (Å²) in [5, 5.41) is 0. The van der Waals surface area contributed by atoms with Crippen molar-refractivity contribution in [1.29, 1.82) is 0 Å². The van der Waals surface area contributed by atoms with E-state index in [0.717, 1.165) is 18.4 Å². The van der Waals surface area contributed by atoms with Crippen molar-refractivity contribution in [2.24, 2.45) is 0 Å². The Morgan fingerprint density at radius 2 is 2.32 bits per heavy atom. The molecule has 1 amide bonds. The van der Waals surface area contributed by atoms with Crippen LogP contribution in [-0.2, 0) is 16.1 Å². The lowest BCUT2D eigenvalue weighted by atomic mass is 10.1. The van der Waals surface area contributed by atoms with Gasteiger partial charge in [0.1, 0.15) is 11.9 Å². The Kier molecular flexibility index (Phi) is 4.55. The lowest BCUT2D eigenvalue weighted by molar-refractivity contribution is -0.0598. The summed E-state index contributed by atoms with van der Waals surface area (Å²) in [5.41, 5.74) is 1.64. The molecule has 25 heavy (non-hydrogen) atoms. The van der Waals surface area contributed by atoms with Gasteiger partial charge in [-0.3, -0.25) is 9.78 Å². The van der Waals surface area contributed by atoms with Gasteiger partial charge in [0.05, 0.1) is 37.2 Å². The predicted molar refractivity (Wildman–Crippen MR) is 90.1 cm³/mol. The molecule has 0 radical (unpaired) electrons. The summed E-state index contributed by atoms with van der Waals surface area (Å²) in [4.78, 5) is 19.0. The number of carbonyl (C=O) groups excluding carboxylic acids is 1. The fraction of sp³-hybridized carbons (Fsp3) is 0.474. The molecular formula is C19H22N2O4. The molecular weight excluding hydrogens is 320 g/mol. The van der Waals surface area contributed by atoms with E-state index in [1.54, 1.807) is 24.7 Å². The Balaban J connectivity index is 1.52. The maximum Gasteiger partial charge on any atom is 0.257 e. The van der Waals surface area contributed by atoms with Gasteiger partial charge < -0.3 is 18.8 Å². The van der Waals surface area contributed by atoms with Crippen molar-refractivity contribution >= 4 is 5.91 Å². The van der Waals surface area contributed by atoms with Crippen LogP contribution in [0.2, 0.25) is 0 Å². The maximum atomic E-state index is 13.0. The van der Waals surface area contributed by atoms with Gasteiger partial charge in [0, 0.05) is 18.9 Å². The smallest absolute Gasteiger partial charge is 0.257 e. The van der Waals surface area contributed by atoms with Crippen LogP contribution in [0.15, 0.2) is 41.3 Å². The Labute approximate surface area is 146 Å². The summed E-state index contributed by atoms with van der Waals surface area (Å²) in [7, 11) is 0. The van der Waals surface area contributed by atoms with Gasteiger partial charge in [-0.1, -0.05) is 6.07 Å². The molecule has 132 valence electrons. The Morgan fingerprint density at radius 3 is 3.08 bits per heavy atom. The first kappa shape index (κ1) is 16.3. The third-order valence-corrected chi connectivity index (χ3v) is 5.07. The van der Waals surface area contributed by atoms with Crippen LogP contribution in [0.4, 0.5) is 0 Å². The number of aryl methyl sites for hydroxylation is 1. The molecule has 6 heteroatoms. The minimum atomic E-state index is -0.112. The molecule has 2 bridgehead atoms. The fourth-order valence-electron chi connectivity index (χ4n) is 3.80. The van der Waals surface area contributed by atoms with Crippen molar-refractivity contribution in [3.05, 3.63) is 53.7 Å². The number of aromatic nitrogens is 1. The van der Waals surface area contributed by atoms with Crippen LogP contribution in [0, 0.1) is 6.92 Å². The Bertz CT molecular complexity index is 730. The maximum absolute atomic E-state index is 13.0. The van der Waals surface area contributed by atoms with Crippen molar-refractivity contribution < 1.29 is 18.7 Å². The first-order valence-corrected chi connectivity index (χ1v) is 8.71. The van der Waals surface area contributed by atoms with Crippen LogP contribution in [0.25, 0.3) is 0 Å². The van der Waals surface area contributed by atoms with Crippen LogP contribution in [-0.4, -0.2) is 47.2 Å². The van der Waals surface area contributed by atoms with Gasteiger partial charge in [0.2, 0.25) is 0 Å². The van der Waals surface area contributed by atoms with Crippen molar-refractivity contribution in [3.63, 3.8) is 0 Å². The van der Waals surface area contributed by atoms with Crippen LogP contribution < -0.4 is 0 Å². The standard InChI is InChI=1S/C19H22N2O4/c1-13-15(6-9-23-13)19(22)21-8-10-24-17-5-4-16(21)18(17)25-12-14-3-2-7-20-11-14/h2-3,6-7,9,11,16-18H,4-5,8,10,12H2,1H3/t16-,17-,18+/m0/s1. The van der Waals surface area contributed by atoms with E-state index in [2.05, 4.69) is 4.98 Å². The van der Waals surface area contributed by atoms with Crippen molar-refractivity contribution in [3.8, 4) is 0 Å². The zero-order valence-electron chi connectivity index (χ0n) is 14.3. The second-order valence-corrected chi connectivity index (χ2v) is 6.58. The minimum Gasteiger partial charge on any atom is -0.469 e. The molecule has 0 aromatic carbocycles. The molecule has 2 aromatic heterocycles. The highest BCUT2D eigenvalue weighted by Crippen LogP contribution is 2.33. The van der Waals surface area contributed by atoms with E-state index >= 15 is 0 Å². The number of fused-ring (bicyclic) bond motifs is 2. The first-order valence-electron chi connectivity index (χ1n) is 8.71. The monoisotopic (exact) mass is 342 g/mol. The van der Waals surface area contributed by atoms with Gasteiger partial charge in [-0.2, -0.15) is 0 Å². The molecule has 2 aliphatic rings. The topological polar surface area (TPSA) is 64.8 Å². The third-order valence-electron chi connectivity index (χ3n) is 5.07. The molecule has 1 saturated carbocycles. The average molecular weight is 342 g/mol. The average Bonchev–Trinajstić information content (AvgIpc) is 3.17. The number of ether oxygens (including phenoxy) is 2. The van der Waals surface area contributed by atoms with Gasteiger partial charge in [0.25, 0.3) is 5.91 Å². The molecule has 0 N–H and O–H groups in total. The number of carbonyl (C=O) groups is 1. The first-order chi connectivity index (χ1) is 12.2. The lowest BCUT2D eigenvalue weighted by Crippen LogP contribution is -2.46. The van der Waals surface area contributed by atoms with Gasteiger partial charge in [-0.05, 0) is 37.5 Å². The quantitative estimate of drug-likeness (QED) is 0.854. The highest BCUT2D eigenvalue weighted by Gasteiger charge is 2.45. The van der Waals surface area contributed by atoms with Crippen LogP contribution in [0.1, 0.15) is 34.5 Å². The van der Waals surface area contributed by atoms with Crippen LogP contribution >= 0.6 is 0 Å². The molecule has 2 aromatic rings. The molecule has 0 spiro atoms. The highest BCUT2D eigenvalue weighted by molar-refractivity contribution is 5.95. The van der Waals surface area contributed by atoms with E-state index in [0.29, 0.717) is 31.1 Å². The second kappa shape index (κ2) is 6.98. The summed E-state index contributed by atoms with van der Waals surface area (Å²) in [6.07, 6.45) is 6.85. The molecule has 0 unspecified atom stereocenters. The Hall–Kier alpha value is -2.18. The molecule has 4 rings (SSSR count). The van der Waals surface area contributed by atoms with Crippen molar-refractivity contribution in [2.45, 2.75) is 44.6 Å².